The third-order valence-electron chi connectivity index (χ3n) is 3.29. The standard InChI is InChI=1S/C11H22N2O3/c1-8(9(2)12)10(14)13-6-11(15-3)4-5-16-7-11/h8-9H,4-7,12H2,1-3H3,(H,13,14). The Labute approximate surface area is 96.7 Å². The second-order valence-corrected chi connectivity index (χ2v) is 4.56. The van der Waals surface area contributed by atoms with E-state index in [9.17, 15) is 4.79 Å². The fourth-order valence-corrected chi connectivity index (χ4v) is 1.61. The van der Waals surface area contributed by atoms with Gasteiger partial charge in [-0.3, -0.25) is 4.79 Å². The highest BCUT2D eigenvalue weighted by atomic mass is 16.5. The number of nitrogens with two attached hydrogens (primary N) is 1. The van der Waals surface area contributed by atoms with E-state index in [1.807, 2.05) is 13.8 Å². The maximum absolute atomic E-state index is 11.7. The molecule has 1 saturated heterocycles. The van der Waals surface area contributed by atoms with Crippen LogP contribution in [0.15, 0.2) is 0 Å². The molecule has 94 valence electrons. The SMILES string of the molecule is COC1(CNC(=O)C(C)C(C)N)CCOC1. The first-order chi connectivity index (χ1) is 7.51. The molecule has 0 aliphatic carbocycles. The summed E-state index contributed by atoms with van der Waals surface area (Å²) in [6.07, 6.45) is 0.816. The molecule has 3 unspecified atom stereocenters. The lowest BCUT2D eigenvalue weighted by Gasteiger charge is -2.27. The second kappa shape index (κ2) is 5.61. The van der Waals surface area contributed by atoms with Crippen LogP contribution in [0.3, 0.4) is 0 Å². The summed E-state index contributed by atoms with van der Waals surface area (Å²) in [6.45, 7) is 5.36. The molecule has 0 saturated carbocycles. The average Bonchev–Trinajstić information content (AvgIpc) is 2.74. The summed E-state index contributed by atoms with van der Waals surface area (Å²) in [5.41, 5.74) is 5.32. The van der Waals surface area contributed by atoms with Crippen molar-refractivity contribution in [2.24, 2.45) is 11.7 Å². The van der Waals surface area contributed by atoms with E-state index in [0.717, 1.165) is 6.42 Å². The first-order valence-corrected chi connectivity index (χ1v) is 5.67. The molecule has 0 radical (unpaired) electrons. The van der Waals surface area contributed by atoms with Crippen LogP contribution >= 0.6 is 0 Å². The summed E-state index contributed by atoms with van der Waals surface area (Å²) >= 11 is 0. The molecule has 0 bridgehead atoms. The molecular formula is C11H22N2O3. The van der Waals surface area contributed by atoms with Crippen molar-refractivity contribution in [2.45, 2.75) is 31.9 Å². The Morgan fingerprint density at radius 2 is 2.31 bits per heavy atom. The lowest BCUT2D eigenvalue weighted by atomic mass is 10.0. The van der Waals surface area contributed by atoms with Crippen LogP contribution in [0.4, 0.5) is 0 Å². The van der Waals surface area contributed by atoms with Crippen LogP contribution in [0.25, 0.3) is 0 Å². The normalized spacial score (nSPS) is 28.8. The van der Waals surface area contributed by atoms with E-state index in [-0.39, 0.29) is 23.5 Å². The summed E-state index contributed by atoms with van der Waals surface area (Å²) in [6, 6.07) is -0.140. The van der Waals surface area contributed by atoms with E-state index in [4.69, 9.17) is 15.2 Å². The minimum absolute atomic E-state index is 0.0293. The summed E-state index contributed by atoms with van der Waals surface area (Å²) < 4.78 is 10.7. The van der Waals surface area contributed by atoms with Crippen molar-refractivity contribution in [2.75, 3.05) is 26.9 Å². The predicted molar refractivity (Wildman–Crippen MR) is 61.0 cm³/mol. The van der Waals surface area contributed by atoms with Crippen LogP contribution in [0.2, 0.25) is 0 Å². The van der Waals surface area contributed by atoms with E-state index in [1.165, 1.54) is 0 Å². The number of amides is 1. The van der Waals surface area contributed by atoms with Gasteiger partial charge in [0.15, 0.2) is 0 Å². The van der Waals surface area contributed by atoms with E-state index in [0.29, 0.717) is 19.8 Å². The Morgan fingerprint density at radius 1 is 1.62 bits per heavy atom. The molecule has 16 heavy (non-hydrogen) atoms. The molecule has 1 amide bonds. The highest BCUT2D eigenvalue weighted by Crippen LogP contribution is 2.21. The van der Waals surface area contributed by atoms with Gasteiger partial charge in [-0.1, -0.05) is 6.92 Å². The van der Waals surface area contributed by atoms with Crippen molar-refractivity contribution in [3.8, 4) is 0 Å². The van der Waals surface area contributed by atoms with Gasteiger partial charge < -0.3 is 20.5 Å². The lowest BCUT2D eigenvalue weighted by Crippen LogP contribution is -2.48. The van der Waals surface area contributed by atoms with Gasteiger partial charge in [0.2, 0.25) is 5.91 Å². The zero-order valence-corrected chi connectivity index (χ0v) is 10.3. The monoisotopic (exact) mass is 230 g/mol. The molecule has 1 aliphatic rings. The molecule has 0 aromatic carbocycles. The fourth-order valence-electron chi connectivity index (χ4n) is 1.61. The maximum atomic E-state index is 11.7. The molecular weight excluding hydrogens is 208 g/mol. The van der Waals surface area contributed by atoms with Crippen LogP contribution in [0.5, 0.6) is 0 Å². The highest BCUT2D eigenvalue weighted by molar-refractivity contribution is 5.79. The van der Waals surface area contributed by atoms with Crippen molar-refractivity contribution in [3.63, 3.8) is 0 Å². The molecule has 1 aliphatic heterocycles. The number of ether oxygens (including phenoxy) is 2. The Morgan fingerprint density at radius 3 is 2.75 bits per heavy atom. The molecule has 1 rings (SSSR count). The van der Waals surface area contributed by atoms with Gasteiger partial charge in [-0.25, -0.2) is 0 Å². The third-order valence-corrected chi connectivity index (χ3v) is 3.29. The van der Waals surface area contributed by atoms with E-state index in [1.54, 1.807) is 7.11 Å². The van der Waals surface area contributed by atoms with Gasteiger partial charge in [-0.05, 0) is 6.92 Å². The van der Waals surface area contributed by atoms with Crippen LogP contribution in [0, 0.1) is 5.92 Å². The number of hydrogen-bond donors (Lipinski definition) is 2. The van der Waals surface area contributed by atoms with Crippen LogP contribution < -0.4 is 11.1 Å². The van der Waals surface area contributed by atoms with Gasteiger partial charge in [-0.15, -0.1) is 0 Å². The largest absolute Gasteiger partial charge is 0.378 e. The Balaban J connectivity index is 2.41. The fraction of sp³-hybridized carbons (Fsp3) is 0.909. The minimum Gasteiger partial charge on any atom is -0.378 e. The van der Waals surface area contributed by atoms with Crippen molar-refractivity contribution >= 4 is 5.91 Å². The molecule has 5 nitrogen and oxygen atoms in total. The van der Waals surface area contributed by atoms with Crippen LogP contribution in [-0.4, -0.2) is 44.4 Å². The van der Waals surface area contributed by atoms with Gasteiger partial charge >= 0.3 is 0 Å². The van der Waals surface area contributed by atoms with Crippen molar-refractivity contribution in [1.29, 1.82) is 0 Å². The molecule has 1 fully saturated rings. The third kappa shape index (κ3) is 3.17. The van der Waals surface area contributed by atoms with Crippen LogP contribution in [0.1, 0.15) is 20.3 Å². The molecule has 3 N–H and O–H groups in total. The number of hydrogen-bond acceptors (Lipinski definition) is 4. The summed E-state index contributed by atoms with van der Waals surface area (Å²) in [4.78, 5) is 11.7. The Kier molecular flexibility index (Phi) is 4.70. The average molecular weight is 230 g/mol. The topological polar surface area (TPSA) is 73.6 Å². The van der Waals surface area contributed by atoms with Gasteiger partial charge in [-0.2, -0.15) is 0 Å². The quantitative estimate of drug-likeness (QED) is 0.691. The molecule has 3 atom stereocenters. The van der Waals surface area contributed by atoms with E-state index < -0.39 is 0 Å². The number of methoxy groups -OCH3 is 1. The smallest absolute Gasteiger partial charge is 0.224 e. The first-order valence-electron chi connectivity index (χ1n) is 5.67. The zero-order chi connectivity index (χ0) is 12.2. The van der Waals surface area contributed by atoms with Crippen molar-refractivity contribution < 1.29 is 14.3 Å². The van der Waals surface area contributed by atoms with Gasteiger partial charge in [0.05, 0.1) is 6.61 Å². The van der Waals surface area contributed by atoms with Crippen molar-refractivity contribution in [1.82, 2.24) is 5.32 Å². The Hall–Kier alpha value is -0.650. The molecule has 5 heteroatoms. The number of nitrogens with one attached hydrogen (secondary N) is 1. The molecule has 0 spiro atoms. The number of rotatable bonds is 5. The zero-order valence-electron chi connectivity index (χ0n) is 10.3. The molecule has 1 heterocycles. The first kappa shape index (κ1) is 13.4. The summed E-state index contributed by atoms with van der Waals surface area (Å²) in [7, 11) is 1.65. The number of carbonyl (C=O) groups excluding carboxylic acids is 1. The van der Waals surface area contributed by atoms with Gasteiger partial charge in [0.1, 0.15) is 5.60 Å². The second-order valence-electron chi connectivity index (χ2n) is 4.56. The van der Waals surface area contributed by atoms with Crippen molar-refractivity contribution in [3.05, 3.63) is 0 Å². The minimum atomic E-state index is -0.354. The lowest BCUT2D eigenvalue weighted by molar-refractivity contribution is -0.126. The van der Waals surface area contributed by atoms with Crippen LogP contribution in [-0.2, 0) is 14.3 Å². The summed E-state index contributed by atoms with van der Waals surface area (Å²) in [5.74, 6) is -0.213. The molecule has 0 aromatic rings. The van der Waals surface area contributed by atoms with E-state index in [2.05, 4.69) is 5.32 Å². The Bertz CT molecular complexity index is 237. The molecule has 0 aromatic heterocycles. The predicted octanol–water partition coefficient (Wildman–Crippen LogP) is -0.109. The van der Waals surface area contributed by atoms with E-state index >= 15 is 0 Å². The summed E-state index contributed by atoms with van der Waals surface area (Å²) in [5, 5.41) is 2.87. The van der Waals surface area contributed by atoms with Gasteiger partial charge in [0.25, 0.3) is 0 Å². The maximum Gasteiger partial charge on any atom is 0.224 e. The number of carbonyl (C=O) groups is 1. The van der Waals surface area contributed by atoms with Gasteiger partial charge in [0, 0.05) is 38.6 Å². The highest BCUT2D eigenvalue weighted by Gasteiger charge is 2.35.